The van der Waals surface area contributed by atoms with E-state index in [0.717, 1.165) is 11.8 Å². The fourth-order valence-corrected chi connectivity index (χ4v) is 3.59. The van der Waals surface area contributed by atoms with E-state index in [2.05, 4.69) is 0 Å². The van der Waals surface area contributed by atoms with Gasteiger partial charge in [0.05, 0.1) is 10.6 Å². The molecule has 1 fully saturated rings. The number of amides is 1. The van der Waals surface area contributed by atoms with Crippen LogP contribution in [0.15, 0.2) is 53.4 Å². The highest BCUT2D eigenvalue weighted by Crippen LogP contribution is 2.37. The van der Waals surface area contributed by atoms with E-state index in [1.807, 2.05) is 0 Å². The van der Waals surface area contributed by atoms with Crippen LogP contribution >= 0.6 is 24.0 Å². The Kier molecular flexibility index (Phi) is 5.24. The second kappa shape index (κ2) is 7.59. The molecule has 2 N–H and O–H groups in total. The van der Waals surface area contributed by atoms with Crippen LogP contribution in [0, 0.1) is 0 Å². The van der Waals surface area contributed by atoms with Crippen LogP contribution in [0.2, 0.25) is 0 Å². The van der Waals surface area contributed by atoms with Crippen molar-refractivity contribution < 1.29 is 24.5 Å². The fraction of sp³-hybridized carbons (Fsp3) is 0.0556. The van der Waals surface area contributed by atoms with Crippen LogP contribution in [0.1, 0.15) is 5.56 Å². The number of ether oxygens (including phenoxy) is 1. The maximum atomic E-state index is 12.7. The number of carboxylic acid groups (broad SMARTS) is 1. The highest BCUT2D eigenvalue weighted by molar-refractivity contribution is 8.27. The van der Waals surface area contributed by atoms with Crippen LogP contribution in [-0.2, 0) is 9.59 Å². The van der Waals surface area contributed by atoms with Crippen molar-refractivity contribution in [3.8, 4) is 11.5 Å². The number of thiocarbonyl (C=S) groups is 1. The molecule has 0 radical (unpaired) electrons. The van der Waals surface area contributed by atoms with E-state index in [-0.39, 0.29) is 11.7 Å². The first-order chi connectivity index (χ1) is 12.5. The van der Waals surface area contributed by atoms with Crippen molar-refractivity contribution in [2.24, 2.45) is 0 Å². The lowest BCUT2D eigenvalue weighted by molar-refractivity contribution is -0.139. The minimum Gasteiger partial charge on any atom is -0.508 e. The Hall–Kier alpha value is -2.84. The summed E-state index contributed by atoms with van der Waals surface area (Å²) in [4.78, 5) is 25.2. The number of nitrogens with zero attached hydrogens (tertiary/aromatic N) is 1. The standard InChI is InChI=1S/C18H13NO5S2/c20-13-7-5-12(6-8-13)19-17(23)15(26-18(19)25)9-11-3-1-2-4-14(11)24-10-16(21)22/h1-9,20H,10H2,(H,21,22)/b15-9+. The molecule has 8 heteroatoms. The lowest BCUT2D eigenvalue weighted by Crippen LogP contribution is -2.27. The van der Waals surface area contributed by atoms with Gasteiger partial charge in [-0.05, 0) is 36.4 Å². The lowest BCUT2D eigenvalue weighted by Gasteiger charge is -2.14. The molecule has 0 aliphatic carbocycles. The molecule has 1 aliphatic heterocycles. The summed E-state index contributed by atoms with van der Waals surface area (Å²) in [6, 6.07) is 13.0. The summed E-state index contributed by atoms with van der Waals surface area (Å²) in [7, 11) is 0. The normalized spacial score (nSPS) is 15.5. The van der Waals surface area contributed by atoms with Crippen molar-refractivity contribution >= 4 is 51.9 Å². The Bertz CT molecular complexity index is 908. The zero-order valence-corrected chi connectivity index (χ0v) is 14.9. The molecule has 0 bridgehead atoms. The zero-order valence-electron chi connectivity index (χ0n) is 13.3. The predicted octanol–water partition coefficient (Wildman–Crippen LogP) is 3.26. The Morgan fingerprint density at radius 2 is 1.88 bits per heavy atom. The molecule has 2 aromatic rings. The van der Waals surface area contributed by atoms with Gasteiger partial charge in [0.25, 0.3) is 5.91 Å². The number of aliphatic carboxylic acids is 1. The molecule has 2 aromatic carbocycles. The molecule has 1 aliphatic rings. The molecular formula is C18H13NO5S2. The van der Waals surface area contributed by atoms with Gasteiger partial charge < -0.3 is 14.9 Å². The molecule has 132 valence electrons. The minimum absolute atomic E-state index is 0.0965. The highest BCUT2D eigenvalue weighted by atomic mass is 32.2. The first kappa shape index (κ1) is 18.0. The molecule has 6 nitrogen and oxygen atoms in total. The number of anilines is 1. The number of benzene rings is 2. The third-order valence-corrected chi connectivity index (χ3v) is 4.76. The van der Waals surface area contributed by atoms with Crippen LogP contribution in [0.5, 0.6) is 11.5 Å². The van der Waals surface area contributed by atoms with E-state index in [0.29, 0.717) is 26.2 Å². The largest absolute Gasteiger partial charge is 0.508 e. The number of hydrogen-bond acceptors (Lipinski definition) is 6. The molecule has 1 saturated heterocycles. The van der Waals surface area contributed by atoms with E-state index in [9.17, 15) is 14.7 Å². The van der Waals surface area contributed by atoms with Crippen LogP contribution < -0.4 is 9.64 Å². The monoisotopic (exact) mass is 387 g/mol. The Morgan fingerprint density at radius 1 is 1.19 bits per heavy atom. The molecule has 26 heavy (non-hydrogen) atoms. The number of phenols is 1. The second-order valence-corrected chi connectivity index (χ2v) is 6.93. The molecule has 3 rings (SSSR count). The first-order valence-electron chi connectivity index (χ1n) is 7.46. The first-order valence-corrected chi connectivity index (χ1v) is 8.69. The van der Waals surface area contributed by atoms with E-state index in [1.54, 1.807) is 42.5 Å². The van der Waals surface area contributed by atoms with Gasteiger partial charge in [-0.1, -0.05) is 42.2 Å². The summed E-state index contributed by atoms with van der Waals surface area (Å²) in [5.74, 6) is -0.916. The molecule has 0 spiro atoms. The van der Waals surface area contributed by atoms with E-state index >= 15 is 0 Å². The van der Waals surface area contributed by atoms with Crippen molar-refractivity contribution in [2.45, 2.75) is 0 Å². The number of hydrogen-bond donors (Lipinski definition) is 2. The van der Waals surface area contributed by atoms with Crippen molar-refractivity contribution in [3.05, 3.63) is 59.0 Å². The average molecular weight is 387 g/mol. The van der Waals surface area contributed by atoms with Gasteiger partial charge in [0, 0.05) is 5.56 Å². The van der Waals surface area contributed by atoms with Crippen molar-refractivity contribution in [1.82, 2.24) is 0 Å². The number of carbonyl (C=O) groups excluding carboxylic acids is 1. The van der Waals surface area contributed by atoms with Gasteiger partial charge in [-0.15, -0.1) is 0 Å². The average Bonchev–Trinajstić information content (AvgIpc) is 2.89. The maximum Gasteiger partial charge on any atom is 0.341 e. The van der Waals surface area contributed by atoms with Gasteiger partial charge in [-0.3, -0.25) is 9.69 Å². The summed E-state index contributed by atoms with van der Waals surface area (Å²) in [5, 5.41) is 18.2. The van der Waals surface area contributed by atoms with E-state index in [4.69, 9.17) is 22.1 Å². The number of phenolic OH excluding ortho intramolecular Hbond substituents is 1. The summed E-state index contributed by atoms with van der Waals surface area (Å²) < 4.78 is 5.63. The molecule has 0 unspecified atom stereocenters. The molecule has 0 atom stereocenters. The number of carboxylic acids is 1. The zero-order chi connectivity index (χ0) is 18.7. The minimum atomic E-state index is -1.08. The molecular weight excluding hydrogens is 374 g/mol. The van der Waals surface area contributed by atoms with Gasteiger partial charge in [0.15, 0.2) is 10.9 Å². The van der Waals surface area contributed by atoms with Crippen molar-refractivity contribution in [3.63, 3.8) is 0 Å². The van der Waals surface area contributed by atoms with Crippen LogP contribution in [-0.4, -0.2) is 33.0 Å². The summed E-state index contributed by atoms with van der Waals surface area (Å²) in [6.07, 6.45) is 1.62. The number of para-hydroxylation sites is 1. The van der Waals surface area contributed by atoms with Gasteiger partial charge in [-0.25, -0.2) is 4.79 Å². The van der Waals surface area contributed by atoms with Crippen LogP contribution in [0.3, 0.4) is 0 Å². The maximum absolute atomic E-state index is 12.7. The fourth-order valence-electron chi connectivity index (χ4n) is 2.30. The summed E-state index contributed by atoms with van der Waals surface area (Å²) in [5.41, 5.74) is 1.14. The Morgan fingerprint density at radius 3 is 2.58 bits per heavy atom. The second-order valence-electron chi connectivity index (χ2n) is 5.25. The molecule has 1 heterocycles. The topological polar surface area (TPSA) is 87.1 Å². The Labute approximate surface area is 158 Å². The highest BCUT2D eigenvalue weighted by Gasteiger charge is 2.33. The molecule has 0 aromatic heterocycles. The number of aromatic hydroxyl groups is 1. The van der Waals surface area contributed by atoms with Gasteiger partial charge in [-0.2, -0.15) is 0 Å². The lowest BCUT2D eigenvalue weighted by atomic mass is 10.2. The predicted molar refractivity (Wildman–Crippen MR) is 103 cm³/mol. The van der Waals surface area contributed by atoms with Crippen molar-refractivity contribution in [1.29, 1.82) is 0 Å². The molecule has 0 saturated carbocycles. The number of thioether (sulfide) groups is 1. The van der Waals surface area contributed by atoms with Gasteiger partial charge >= 0.3 is 5.97 Å². The van der Waals surface area contributed by atoms with Crippen LogP contribution in [0.4, 0.5) is 5.69 Å². The third-order valence-electron chi connectivity index (χ3n) is 3.46. The third kappa shape index (κ3) is 3.87. The van der Waals surface area contributed by atoms with Gasteiger partial charge in [0.2, 0.25) is 0 Å². The van der Waals surface area contributed by atoms with Crippen LogP contribution in [0.25, 0.3) is 6.08 Å². The van der Waals surface area contributed by atoms with Crippen molar-refractivity contribution in [2.75, 3.05) is 11.5 Å². The molecule has 1 amide bonds. The number of rotatable bonds is 5. The van der Waals surface area contributed by atoms with Gasteiger partial charge in [0.1, 0.15) is 11.5 Å². The van der Waals surface area contributed by atoms with E-state index < -0.39 is 12.6 Å². The van der Waals surface area contributed by atoms with E-state index in [1.165, 1.54) is 17.0 Å². The SMILES string of the molecule is O=C(O)COc1ccccc1/C=C1/SC(=S)N(c2ccc(O)cc2)C1=O. The smallest absolute Gasteiger partial charge is 0.341 e. The summed E-state index contributed by atoms with van der Waals surface area (Å²) in [6.45, 7) is -0.473. The Balaban J connectivity index is 1.89. The number of carbonyl (C=O) groups is 2. The summed E-state index contributed by atoms with van der Waals surface area (Å²) >= 11 is 6.44. The quantitative estimate of drug-likeness (QED) is 0.601.